The zero-order chi connectivity index (χ0) is 25.4. The smallest absolute Gasteiger partial charge is 0.308 e. The molecule has 0 aliphatic carbocycles. The molecular formula is C26H26N2O7. The van der Waals surface area contributed by atoms with Gasteiger partial charge in [0.15, 0.2) is 11.5 Å². The molecule has 3 rings (SSSR count). The molecule has 0 saturated heterocycles. The summed E-state index contributed by atoms with van der Waals surface area (Å²) in [6.45, 7) is 1.57. The van der Waals surface area contributed by atoms with E-state index in [1.807, 2.05) is 0 Å². The lowest BCUT2D eigenvalue weighted by molar-refractivity contribution is -0.131. The van der Waals surface area contributed by atoms with E-state index in [0.29, 0.717) is 39.8 Å². The summed E-state index contributed by atoms with van der Waals surface area (Å²) in [6, 6.07) is 16.5. The predicted octanol–water partition coefficient (Wildman–Crippen LogP) is 3.82. The van der Waals surface area contributed by atoms with Gasteiger partial charge in [0.2, 0.25) is 5.75 Å². The molecule has 0 aliphatic heterocycles. The number of rotatable bonds is 9. The Morgan fingerprint density at radius 3 is 2.00 bits per heavy atom. The van der Waals surface area contributed by atoms with Gasteiger partial charge in [0.05, 0.1) is 21.3 Å². The van der Waals surface area contributed by atoms with Gasteiger partial charge in [0.25, 0.3) is 11.8 Å². The van der Waals surface area contributed by atoms with Crippen LogP contribution in [0.25, 0.3) is 0 Å². The topological polar surface area (TPSA) is 112 Å². The second-order valence-electron chi connectivity index (χ2n) is 7.37. The highest BCUT2D eigenvalue weighted by Gasteiger charge is 2.17. The highest BCUT2D eigenvalue weighted by molar-refractivity contribution is 6.04. The van der Waals surface area contributed by atoms with Gasteiger partial charge in [-0.05, 0) is 48.0 Å². The van der Waals surface area contributed by atoms with Gasteiger partial charge in [-0.3, -0.25) is 14.4 Å². The van der Waals surface area contributed by atoms with Crippen molar-refractivity contribution in [3.63, 3.8) is 0 Å². The van der Waals surface area contributed by atoms with Gasteiger partial charge in [-0.15, -0.1) is 0 Å². The molecule has 3 aromatic rings. The van der Waals surface area contributed by atoms with Crippen LogP contribution in [-0.4, -0.2) is 39.1 Å². The molecule has 35 heavy (non-hydrogen) atoms. The number of nitrogens with one attached hydrogen (secondary N) is 2. The Bertz CT molecular complexity index is 1200. The van der Waals surface area contributed by atoms with Crippen LogP contribution in [0.3, 0.4) is 0 Å². The predicted molar refractivity (Wildman–Crippen MR) is 129 cm³/mol. The van der Waals surface area contributed by atoms with E-state index in [9.17, 15) is 14.4 Å². The lowest BCUT2D eigenvalue weighted by Crippen LogP contribution is -2.23. The van der Waals surface area contributed by atoms with Crippen LogP contribution >= 0.6 is 0 Å². The maximum absolute atomic E-state index is 12.7. The largest absolute Gasteiger partial charge is 0.493 e. The Hall–Kier alpha value is -4.53. The lowest BCUT2D eigenvalue weighted by atomic mass is 10.1. The van der Waals surface area contributed by atoms with E-state index in [1.165, 1.54) is 34.3 Å². The fraction of sp³-hybridized carbons (Fsp3) is 0.192. The molecular weight excluding hydrogens is 452 g/mol. The van der Waals surface area contributed by atoms with Crippen molar-refractivity contribution in [1.82, 2.24) is 5.32 Å². The number of anilines is 1. The molecule has 0 aromatic heterocycles. The summed E-state index contributed by atoms with van der Waals surface area (Å²) in [5.74, 6) is 0.351. The zero-order valence-corrected chi connectivity index (χ0v) is 19.8. The summed E-state index contributed by atoms with van der Waals surface area (Å²) in [5, 5.41) is 5.63. The quantitative estimate of drug-likeness (QED) is 0.355. The Balaban J connectivity index is 1.61. The molecule has 2 amide bonds. The molecule has 0 aliphatic rings. The lowest BCUT2D eigenvalue weighted by Gasteiger charge is -2.14. The Labute approximate surface area is 203 Å². The third-order valence-electron chi connectivity index (χ3n) is 4.95. The number of carbonyl (C=O) groups excluding carboxylic acids is 3. The highest BCUT2D eigenvalue weighted by Crippen LogP contribution is 2.38. The highest BCUT2D eigenvalue weighted by atomic mass is 16.5. The number of benzene rings is 3. The second-order valence-corrected chi connectivity index (χ2v) is 7.37. The average Bonchev–Trinajstić information content (AvgIpc) is 2.86. The van der Waals surface area contributed by atoms with Crippen LogP contribution in [0.5, 0.6) is 23.0 Å². The molecule has 2 N–H and O–H groups in total. The third kappa shape index (κ3) is 6.50. The summed E-state index contributed by atoms with van der Waals surface area (Å²) >= 11 is 0. The molecule has 182 valence electrons. The van der Waals surface area contributed by atoms with Gasteiger partial charge in [-0.25, -0.2) is 0 Å². The summed E-state index contributed by atoms with van der Waals surface area (Å²) in [7, 11) is 4.46. The number of ether oxygens (including phenoxy) is 4. The first-order chi connectivity index (χ1) is 16.8. The van der Waals surface area contributed by atoms with E-state index in [-0.39, 0.29) is 18.4 Å². The van der Waals surface area contributed by atoms with Crippen LogP contribution in [0, 0.1) is 0 Å². The minimum atomic E-state index is -0.462. The van der Waals surface area contributed by atoms with E-state index in [0.717, 1.165) is 5.56 Å². The minimum absolute atomic E-state index is 0.272. The van der Waals surface area contributed by atoms with Gasteiger partial charge in [-0.1, -0.05) is 18.2 Å². The zero-order valence-electron chi connectivity index (χ0n) is 19.8. The molecule has 0 atom stereocenters. The molecule has 0 spiro atoms. The molecule has 0 bridgehead atoms. The monoisotopic (exact) mass is 478 g/mol. The Morgan fingerprint density at radius 2 is 1.43 bits per heavy atom. The first-order valence-electron chi connectivity index (χ1n) is 10.6. The van der Waals surface area contributed by atoms with Crippen molar-refractivity contribution < 1.29 is 33.3 Å². The number of carbonyl (C=O) groups is 3. The molecule has 0 fully saturated rings. The molecule has 0 unspecified atom stereocenters. The average molecular weight is 479 g/mol. The number of methoxy groups -OCH3 is 3. The van der Waals surface area contributed by atoms with Crippen LogP contribution in [0.4, 0.5) is 5.69 Å². The summed E-state index contributed by atoms with van der Waals surface area (Å²) in [6.07, 6.45) is 0. The molecule has 0 radical (unpaired) electrons. The Morgan fingerprint density at radius 1 is 0.771 bits per heavy atom. The summed E-state index contributed by atoms with van der Waals surface area (Å²) in [5.41, 5.74) is 2.12. The fourth-order valence-electron chi connectivity index (χ4n) is 3.27. The van der Waals surface area contributed by atoms with Gasteiger partial charge in [-0.2, -0.15) is 0 Å². The van der Waals surface area contributed by atoms with Crippen molar-refractivity contribution in [2.24, 2.45) is 0 Å². The standard InChI is InChI=1S/C26H26N2O7/c1-16(29)35-21-7-5-6-18(12-21)26(31)28-20-10-8-17(9-11-20)15-27-25(30)19-13-22(32-2)24(34-4)23(14-19)33-3/h5-14H,15H2,1-4H3,(H,27,30)(H,28,31). The normalized spacial score (nSPS) is 10.2. The van der Waals surface area contributed by atoms with E-state index < -0.39 is 5.97 Å². The molecule has 3 aromatic carbocycles. The maximum Gasteiger partial charge on any atom is 0.308 e. The number of hydrogen-bond donors (Lipinski definition) is 2. The van der Waals surface area contributed by atoms with Crippen molar-refractivity contribution >= 4 is 23.5 Å². The SMILES string of the molecule is COc1cc(C(=O)NCc2ccc(NC(=O)c3cccc(OC(C)=O)c3)cc2)cc(OC)c1OC. The van der Waals surface area contributed by atoms with E-state index >= 15 is 0 Å². The Kier molecular flexibility index (Phi) is 8.29. The molecule has 0 heterocycles. The van der Waals surface area contributed by atoms with E-state index in [4.69, 9.17) is 18.9 Å². The van der Waals surface area contributed by atoms with Crippen LogP contribution < -0.4 is 29.6 Å². The minimum Gasteiger partial charge on any atom is -0.493 e. The number of esters is 1. The summed E-state index contributed by atoms with van der Waals surface area (Å²) in [4.78, 5) is 36.3. The second kappa shape index (κ2) is 11.6. The van der Waals surface area contributed by atoms with Crippen LogP contribution in [0.2, 0.25) is 0 Å². The van der Waals surface area contributed by atoms with Crippen LogP contribution in [-0.2, 0) is 11.3 Å². The van der Waals surface area contributed by atoms with Crippen molar-refractivity contribution in [3.05, 3.63) is 77.4 Å². The molecule has 9 heteroatoms. The first kappa shape index (κ1) is 25.1. The molecule has 9 nitrogen and oxygen atoms in total. The maximum atomic E-state index is 12.7. The van der Waals surface area contributed by atoms with E-state index in [2.05, 4.69) is 10.6 Å². The summed E-state index contributed by atoms with van der Waals surface area (Å²) < 4.78 is 20.9. The van der Waals surface area contributed by atoms with Gasteiger partial charge in [0.1, 0.15) is 5.75 Å². The van der Waals surface area contributed by atoms with E-state index in [1.54, 1.807) is 54.6 Å². The first-order valence-corrected chi connectivity index (χ1v) is 10.6. The fourth-order valence-corrected chi connectivity index (χ4v) is 3.27. The van der Waals surface area contributed by atoms with Crippen LogP contribution in [0.15, 0.2) is 60.7 Å². The van der Waals surface area contributed by atoms with Crippen molar-refractivity contribution in [2.75, 3.05) is 26.6 Å². The molecule has 0 saturated carbocycles. The van der Waals surface area contributed by atoms with Gasteiger partial charge < -0.3 is 29.6 Å². The van der Waals surface area contributed by atoms with Gasteiger partial charge >= 0.3 is 5.97 Å². The number of amides is 2. The van der Waals surface area contributed by atoms with Gasteiger partial charge in [0, 0.05) is 30.3 Å². The van der Waals surface area contributed by atoms with Crippen LogP contribution in [0.1, 0.15) is 33.2 Å². The number of hydrogen-bond acceptors (Lipinski definition) is 7. The van der Waals surface area contributed by atoms with Crippen molar-refractivity contribution in [3.8, 4) is 23.0 Å². The third-order valence-corrected chi connectivity index (χ3v) is 4.95. The van der Waals surface area contributed by atoms with Crippen molar-refractivity contribution in [1.29, 1.82) is 0 Å². The van der Waals surface area contributed by atoms with Crippen molar-refractivity contribution in [2.45, 2.75) is 13.5 Å².